The number of aromatic amines is 1. The highest BCUT2D eigenvalue weighted by molar-refractivity contribution is 7.99. The SMILES string of the molecule is CCOC(=O)c1ccc(C(N)Sc2nnc(-c3ccc(C)cc3)[nH]2)o1. The third-order valence-electron chi connectivity index (χ3n) is 3.41. The zero-order valence-electron chi connectivity index (χ0n) is 13.9. The van der Waals surface area contributed by atoms with Crippen LogP contribution in [0, 0.1) is 6.92 Å². The summed E-state index contributed by atoms with van der Waals surface area (Å²) in [5, 5.41) is 8.27. The van der Waals surface area contributed by atoms with Crippen LogP contribution < -0.4 is 5.73 Å². The van der Waals surface area contributed by atoms with E-state index in [9.17, 15) is 4.79 Å². The molecule has 0 aliphatic heterocycles. The summed E-state index contributed by atoms with van der Waals surface area (Å²) in [6.07, 6.45) is 0. The number of hydrogen-bond acceptors (Lipinski definition) is 7. The van der Waals surface area contributed by atoms with Gasteiger partial charge in [-0.05, 0) is 26.0 Å². The summed E-state index contributed by atoms with van der Waals surface area (Å²) in [7, 11) is 0. The number of nitrogens with two attached hydrogens (primary N) is 1. The van der Waals surface area contributed by atoms with Gasteiger partial charge in [-0.3, -0.25) is 0 Å². The Labute approximate surface area is 149 Å². The van der Waals surface area contributed by atoms with E-state index in [1.165, 1.54) is 17.3 Å². The quantitative estimate of drug-likeness (QED) is 0.395. The zero-order chi connectivity index (χ0) is 17.8. The Morgan fingerprint density at radius 2 is 2.04 bits per heavy atom. The van der Waals surface area contributed by atoms with E-state index in [2.05, 4.69) is 15.2 Å². The molecule has 3 rings (SSSR count). The molecule has 0 saturated heterocycles. The highest BCUT2D eigenvalue weighted by Gasteiger charge is 2.18. The fourth-order valence-electron chi connectivity index (χ4n) is 2.14. The van der Waals surface area contributed by atoms with Crippen molar-refractivity contribution in [2.24, 2.45) is 5.73 Å². The first-order chi connectivity index (χ1) is 12.1. The van der Waals surface area contributed by atoms with Gasteiger partial charge < -0.3 is 19.9 Å². The summed E-state index contributed by atoms with van der Waals surface area (Å²) in [6, 6.07) is 11.2. The minimum absolute atomic E-state index is 0.130. The second kappa shape index (κ2) is 7.54. The van der Waals surface area contributed by atoms with Gasteiger partial charge in [-0.25, -0.2) is 4.79 Å². The summed E-state index contributed by atoms with van der Waals surface area (Å²) >= 11 is 1.26. The van der Waals surface area contributed by atoms with Crippen LogP contribution in [0.2, 0.25) is 0 Å². The monoisotopic (exact) mass is 358 g/mol. The minimum Gasteiger partial charge on any atom is -0.460 e. The second-order valence-electron chi connectivity index (χ2n) is 5.31. The summed E-state index contributed by atoms with van der Waals surface area (Å²) in [5.74, 6) is 0.751. The molecule has 0 saturated carbocycles. The number of hydrogen-bond donors (Lipinski definition) is 2. The molecule has 0 aliphatic carbocycles. The lowest BCUT2D eigenvalue weighted by Gasteiger charge is -2.05. The van der Waals surface area contributed by atoms with Gasteiger partial charge in [0.1, 0.15) is 11.1 Å². The molecule has 0 aliphatic rings. The van der Waals surface area contributed by atoms with Crippen LogP contribution in [-0.4, -0.2) is 27.8 Å². The summed E-state index contributed by atoms with van der Waals surface area (Å²) < 4.78 is 10.3. The van der Waals surface area contributed by atoms with Crippen molar-refractivity contribution in [1.29, 1.82) is 0 Å². The van der Waals surface area contributed by atoms with Crippen LogP contribution >= 0.6 is 11.8 Å². The second-order valence-corrected chi connectivity index (χ2v) is 6.44. The largest absolute Gasteiger partial charge is 0.460 e. The van der Waals surface area contributed by atoms with Crippen molar-refractivity contribution in [2.75, 3.05) is 6.61 Å². The van der Waals surface area contributed by atoms with Gasteiger partial charge in [0.15, 0.2) is 11.0 Å². The van der Waals surface area contributed by atoms with E-state index in [0.717, 1.165) is 5.56 Å². The highest BCUT2D eigenvalue weighted by atomic mass is 32.2. The number of benzene rings is 1. The summed E-state index contributed by atoms with van der Waals surface area (Å²) in [4.78, 5) is 14.8. The molecule has 1 atom stereocenters. The number of thioether (sulfide) groups is 1. The van der Waals surface area contributed by atoms with Crippen LogP contribution in [0.25, 0.3) is 11.4 Å². The first-order valence-corrected chi connectivity index (χ1v) is 8.63. The smallest absolute Gasteiger partial charge is 0.374 e. The normalized spacial score (nSPS) is 12.1. The van der Waals surface area contributed by atoms with Crippen molar-refractivity contribution >= 4 is 17.7 Å². The van der Waals surface area contributed by atoms with Crippen LogP contribution in [0.4, 0.5) is 0 Å². The van der Waals surface area contributed by atoms with Crippen molar-refractivity contribution in [2.45, 2.75) is 24.4 Å². The van der Waals surface area contributed by atoms with Crippen molar-refractivity contribution in [3.8, 4) is 11.4 Å². The van der Waals surface area contributed by atoms with E-state index in [0.29, 0.717) is 16.7 Å². The van der Waals surface area contributed by atoms with Crippen molar-refractivity contribution in [1.82, 2.24) is 15.2 Å². The maximum Gasteiger partial charge on any atom is 0.374 e. The number of ether oxygens (including phenoxy) is 1. The van der Waals surface area contributed by atoms with Crippen LogP contribution in [0.1, 0.15) is 34.2 Å². The molecule has 130 valence electrons. The van der Waals surface area contributed by atoms with Gasteiger partial charge >= 0.3 is 5.97 Å². The maximum absolute atomic E-state index is 11.6. The number of furan rings is 1. The number of H-pyrrole nitrogens is 1. The van der Waals surface area contributed by atoms with Gasteiger partial charge in [-0.2, -0.15) is 0 Å². The number of carbonyl (C=O) groups is 1. The molecule has 1 aromatic carbocycles. The predicted molar refractivity (Wildman–Crippen MR) is 94.0 cm³/mol. The van der Waals surface area contributed by atoms with Crippen molar-refractivity contribution in [3.63, 3.8) is 0 Å². The van der Waals surface area contributed by atoms with E-state index in [-0.39, 0.29) is 12.4 Å². The Morgan fingerprint density at radius 1 is 1.28 bits per heavy atom. The average Bonchev–Trinajstić information content (AvgIpc) is 3.25. The number of carbonyl (C=O) groups excluding carboxylic acids is 1. The molecular formula is C17H18N4O3S. The Hall–Kier alpha value is -2.58. The molecule has 0 fully saturated rings. The van der Waals surface area contributed by atoms with Gasteiger partial charge in [0.2, 0.25) is 5.76 Å². The molecular weight excluding hydrogens is 340 g/mol. The van der Waals surface area contributed by atoms with Crippen LogP contribution in [0.3, 0.4) is 0 Å². The average molecular weight is 358 g/mol. The summed E-state index contributed by atoms with van der Waals surface area (Å²) in [5.41, 5.74) is 8.23. The van der Waals surface area contributed by atoms with E-state index < -0.39 is 11.3 Å². The van der Waals surface area contributed by atoms with E-state index >= 15 is 0 Å². The third kappa shape index (κ3) is 4.09. The lowest BCUT2D eigenvalue weighted by atomic mass is 10.1. The first kappa shape index (κ1) is 17.2. The Bertz CT molecular complexity index is 857. The molecule has 0 radical (unpaired) electrons. The highest BCUT2D eigenvalue weighted by Crippen LogP contribution is 2.31. The van der Waals surface area contributed by atoms with Crippen LogP contribution in [0.5, 0.6) is 0 Å². The third-order valence-corrected chi connectivity index (χ3v) is 4.31. The predicted octanol–water partition coefficient (Wildman–Crippen LogP) is 3.30. The molecule has 25 heavy (non-hydrogen) atoms. The van der Waals surface area contributed by atoms with E-state index in [1.807, 2.05) is 31.2 Å². The lowest BCUT2D eigenvalue weighted by molar-refractivity contribution is 0.0488. The fourth-order valence-corrected chi connectivity index (χ4v) is 2.86. The van der Waals surface area contributed by atoms with Gasteiger partial charge in [0, 0.05) is 5.56 Å². The van der Waals surface area contributed by atoms with Gasteiger partial charge in [-0.15, -0.1) is 10.2 Å². The number of nitrogens with zero attached hydrogens (tertiary/aromatic N) is 2. The van der Waals surface area contributed by atoms with Gasteiger partial charge in [-0.1, -0.05) is 41.6 Å². The topological polar surface area (TPSA) is 107 Å². The molecule has 2 aromatic heterocycles. The molecule has 1 unspecified atom stereocenters. The molecule has 2 heterocycles. The van der Waals surface area contributed by atoms with E-state index in [1.54, 1.807) is 19.1 Å². The van der Waals surface area contributed by atoms with Crippen molar-refractivity contribution in [3.05, 3.63) is 53.5 Å². The number of aryl methyl sites for hydroxylation is 1. The summed E-state index contributed by atoms with van der Waals surface area (Å²) in [6.45, 7) is 4.05. The Morgan fingerprint density at radius 3 is 2.76 bits per heavy atom. The molecule has 0 spiro atoms. The number of esters is 1. The maximum atomic E-state index is 11.6. The number of nitrogens with one attached hydrogen (secondary N) is 1. The molecule has 0 amide bonds. The first-order valence-electron chi connectivity index (χ1n) is 7.75. The number of aromatic nitrogens is 3. The molecule has 7 nitrogen and oxygen atoms in total. The minimum atomic E-state index is -0.526. The van der Waals surface area contributed by atoms with Gasteiger partial charge in [0.05, 0.1) is 6.61 Å². The molecule has 3 aromatic rings. The number of rotatable bonds is 6. The molecule has 3 N–H and O–H groups in total. The van der Waals surface area contributed by atoms with Crippen LogP contribution in [0.15, 0.2) is 46.0 Å². The van der Waals surface area contributed by atoms with Gasteiger partial charge in [0.25, 0.3) is 0 Å². The zero-order valence-corrected chi connectivity index (χ0v) is 14.7. The Balaban J connectivity index is 1.68. The van der Waals surface area contributed by atoms with E-state index in [4.69, 9.17) is 14.9 Å². The van der Waals surface area contributed by atoms with Crippen molar-refractivity contribution < 1.29 is 13.9 Å². The lowest BCUT2D eigenvalue weighted by Crippen LogP contribution is -2.06. The van der Waals surface area contributed by atoms with Crippen LogP contribution in [-0.2, 0) is 4.74 Å². The standard InChI is InChI=1S/C17H18N4O3S/c1-3-23-16(22)13-9-8-12(24-13)14(18)25-17-19-15(20-21-17)11-6-4-10(2)5-7-11/h4-9,14H,3,18H2,1-2H3,(H,19,20,21). The Kier molecular flexibility index (Phi) is 5.20. The fraction of sp³-hybridized carbons (Fsp3) is 0.235. The molecule has 8 heteroatoms. The molecule has 0 bridgehead atoms.